The van der Waals surface area contributed by atoms with E-state index in [-0.39, 0.29) is 23.9 Å². The van der Waals surface area contributed by atoms with Crippen LogP contribution in [0.25, 0.3) is 20.5 Å². The number of piperidine rings is 1. The fourth-order valence-electron chi connectivity index (χ4n) is 5.18. The van der Waals surface area contributed by atoms with Crippen LogP contribution in [0.2, 0.25) is 0 Å². The molecule has 1 unspecified atom stereocenters. The summed E-state index contributed by atoms with van der Waals surface area (Å²) in [5.41, 5.74) is 3.06. The monoisotopic (exact) mass is 576 g/mol. The van der Waals surface area contributed by atoms with Gasteiger partial charge in [-0.15, -0.1) is 35.1 Å². The maximum absolute atomic E-state index is 13.8. The molecule has 1 fully saturated rings. The van der Waals surface area contributed by atoms with Gasteiger partial charge in [-0.3, -0.25) is 19.5 Å². The number of thiazole rings is 1. The zero-order valence-corrected chi connectivity index (χ0v) is 23.9. The van der Waals surface area contributed by atoms with Crippen molar-refractivity contribution in [3.63, 3.8) is 0 Å². The van der Waals surface area contributed by atoms with Gasteiger partial charge in [0.15, 0.2) is 5.13 Å². The maximum Gasteiger partial charge on any atom is 0.269 e. The van der Waals surface area contributed by atoms with E-state index in [0.29, 0.717) is 15.7 Å². The van der Waals surface area contributed by atoms with E-state index in [1.54, 1.807) is 17.8 Å². The number of nitrogens with one attached hydrogen (secondary N) is 1. The normalized spacial score (nSPS) is 15.1. The van der Waals surface area contributed by atoms with E-state index in [4.69, 9.17) is 0 Å². The van der Waals surface area contributed by atoms with E-state index in [0.717, 1.165) is 34.5 Å². The lowest BCUT2D eigenvalue weighted by Crippen LogP contribution is -2.33. The van der Waals surface area contributed by atoms with Crippen molar-refractivity contribution in [1.29, 1.82) is 0 Å². The first-order valence-corrected chi connectivity index (χ1v) is 14.5. The Labute approximate surface area is 241 Å². The third-order valence-corrected chi connectivity index (χ3v) is 9.17. The van der Waals surface area contributed by atoms with Gasteiger partial charge in [-0.2, -0.15) is 0 Å². The highest BCUT2D eigenvalue weighted by molar-refractivity contribution is 7.22. The summed E-state index contributed by atoms with van der Waals surface area (Å²) in [5, 5.41) is 6.07. The first-order valence-electron chi connectivity index (χ1n) is 12.8. The number of rotatable bonds is 6. The number of nitrogens with zero attached hydrogens (tertiary/aromatic N) is 3. The van der Waals surface area contributed by atoms with E-state index in [1.165, 1.54) is 45.6 Å². The van der Waals surface area contributed by atoms with Gasteiger partial charge in [0.2, 0.25) is 0 Å². The van der Waals surface area contributed by atoms with Crippen molar-refractivity contribution in [2.75, 3.05) is 25.5 Å². The number of aromatic nitrogens is 2. The number of halogens is 1. The summed E-state index contributed by atoms with van der Waals surface area (Å²) in [4.78, 5) is 34.8. The number of anilines is 1. The Kier molecular flexibility index (Phi) is 8.28. The predicted octanol–water partition coefficient (Wildman–Crippen LogP) is 6.65. The van der Waals surface area contributed by atoms with Crippen molar-refractivity contribution in [1.82, 2.24) is 14.5 Å². The lowest BCUT2D eigenvalue weighted by Gasteiger charge is -2.29. The molecule has 2 aromatic carbocycles. The summed E-state index contributed by atoms with van der Waals surface area (Å²) in [5.74, 6) is 0.314. The molecule has 1 N–H and O–H groups in total. The number of pyridine rings is 1. The number of thiophene rings is 1. The van der Waals surface area contributed by atoms with E-state index < -0.39 is 6.04 Å². The molecule has 1 aliphatic rings. The number of carbonyl (C=O) groups excluding carboxylic acids is 1. The Hall–Kier alpha value is -3.30. The van der Waals surface area contributed by atoms with Gasteiger partial charge in [0.05, 0.1) is 0 Å². The van der Waals surface area contributed by atoms with E-state index in [9.17, 15) is 9.59 Å². The molecule has 4 heterocycles. The molecule has 0 spiro atoms. The van der Waals surface area contributed by atoms with Crippen molar-refractivity contribution in [2.24, 2.45) is 0 Å². The van der Waals surface area contributed by atoms with Crippen molar-refractivity contribution >= 4 is 56.2 Å². The van der Waals surface area contributed by atoms with Crippen LogP contribution in [0.4, 0.5) is 5.13 Å². The number of fused-ring (bicyclic) bond motifs is 1. The molecule has 6 rings (SSSR count). The molecule has 0 bridgehead atoms. The molecule has 39 heavy (non-hydrogen) atoms. The third kappa shape index (κ3) is 5.70. The van der Waals surface area contributed by atoms with E-state index >= 15 is 0 Å². The van der Waals surface area contributed by atoms with Crippen LogP contribution >= 0.6 is 35.1 Å². The largest absolute Gasteiger partial charge is 0.306 e. The fraction of sp³-hybridized carbons (Fsp3) is 0.233. The number of likely N-dealkylation sites (tertiary alicyclic amines) is 1. The zero-order chi connectivity index (χ0) is 26.1. The van der Waals surface area contributed by atoms with Gasteiger partial charge in [0.1, 0.15) is 10.7 Å². The van der Waals surface area contributed by atoms with E-state index in [2.05, 4.69) is 52.6 Å². The minimum Gasteiger partial charge on any atom is -0.306 e. The van der Waals surface area contributed by atoms with Crippen LogP contribution in [0.15, 0.2) is 89.3 Å². The molecule has 1 atom stereocenters. The smallest absolute Gasteiger partial charge is 0.269 e. The summed E-state index contributed by atoms with van der Waals surface area (Å²) in [6.45, 7) is 2.28. The van der Waals surface area contributed by atoms with Crippen molar-refractivity contribution in [3.8, 4) is 10.4 Å². The van der Waals surface area contributed by atoms with Crippen LogP contribution in [0.5, 0.6) is 0 Å². The van der Waals surface area contributed by atoms with Crippen LogP contribution < -0.4 is 10.9 Å². The summed E-state index contributed by atoms with van der Waals surface area (Å²) >= 11 is 2.83. The molecule has 3 aromatic heterocycles. The molecule has 0 saturated carbocycles. The van der Waals surface area contributed by atoms with Crippen LogP contribution in [-0.2, 0) is 4.79 Å². The lowest BCUT2D eigenvalue weighted by molar-refractivity contribution is -0.118. The zero-order valence-electron chi connectivity index (χ0n) is 21.4. The molecular formula is C30H29ClN4O2S2. The van der Waals surface area contributed by atoms with Gasteiger partial charge < -0.3 is 4.90 Å². The Bertz CT molecular complexity index is 1610. The highest BCUT2D eigenvalue weighted by atomic mass is 35.5. The Balaban J connectivity index is 0.00000308. The molecule has 9 heteroatoms. The molecule has 200 valence electrons. The average molecular weight is 577 g/mol. The molecular weight excluding hydrogens is 548 g/mol. The van der Waals surface area contributed by atoms with Crippen molar-refractivity contribution in [2.45, 2.75) is 24.8 Å². The highest BCUT2D eigenvalue weighted by Gasteiger charge is 2.25. The van der Waals surface area contributed by atoms with Crippen molar-refractivity contribution < 1.29 is 4.79 Å². The summed E-state index contributed by atoms with van der Waals surface area (Å²) in [6, 6.07) is 21.4. The number of amides is 1. The second-order valence-corrected chi connectivity index (χ2v) is 11.7. The van der Waals surface area contributed by atoms with Crippen LogP contribution in [0.1, 0.15) is 35.9 Å². The van der Waals surface area contributed by atoms with Gasteiger partial charge >= 0.3 is 0 Å². The maximum atomic E-state index is 13.8. The van der Waals surface area contributed by atoms with Crippen molar-refractivity contribution in [3.05, 3.63) is 106 Å². The van der Waals surface area contributed by atoms with Gasteiger partial charge in [-0.05, 0) is 67.7 Å². The average Bonchev–Trinajstić information content (AvgIpc) is 3.62. The van der Waals surface area contributed by atoms with Crippen LogP contribution in [0.3, 0.4) is 0 Å². The second-order valence-electron chi connectivity index (χ2n) is 9.76. The minimum absolute atomic E-state index is 0. The Morgan fingerprint density at radius 2 is 1.79 bits per heavy atom. The predicted molar refractivity (Wildman–Crippen MR) is 164 cm³/mol. The summed E-state index contributed by atoms with van der Waals surface area (Å²) in [7, 11) is 2.18. The Morgan fingerprint density at radius 1 is 1.05 bits per heavy atom. The van der Waals surface area contributed by atoms with Gasteiger partial charge in [0, 0.05) is 28.0 Å². The molecule has 0 radical (unpaired) electrons. The summed E-state index contributed by atoms with van der Waals surface area (Å²) < 4.78 is 2.18. The number of hydrogen-bond donors (Lipinski definition) is 1. The van der Waals surface area contributed by atoms with E-state index in [1.807, 2.05) is 36.4 Å². The Morgan fingerprint density at radius 3 is 2.49 bits per heavy atom. The van der Waals surface area contributed by atoms with Gasteiger partial charge in [0.25, 0.3) is 11.5 Å². The first kappa shape index (κ1) is 27.3. The number of carbonyl (C=O) groups is 1. The molecule has 1 aliphatic heterocycles. The van der Waals surface area contributed by atoms with Gasteiger partial charge in [-0.1, -0.05) is 54.6 Å². The number of hydrogen-bond acceptors (Lipinski definition) is 6. The molecule has 6 nitrogen and oxygen atoms in total. The highest BCUT2D eigenvalue weighted by Crippen LogP contribution is 2.34. The minimum atomic E-state index is -0.809. The second kappa shape index (κ2) is 11.8. The standard InChI is InChI=1S/C30H28N4O2S2.ClH/c1-33-15-11-21(12-16-33)20-7-9-22(10-8-20)25-19-24-13-17-34(29(36)27(24)38-25)26(23-5-3-2-4-6-23)28(35)32-30-31-14-18-37-30;/h2-10,13-14,17-19,21,26H,11-12,15-16H2,1H3,(H,31,32,35);1H. The van der Waals surface area contributed by atoms with Gasteiger partial charge in [-0.25, -0.2) is 4.98 Å². The third-order valence-electron chi connectivity index (χ3n) is 7.29. The number of benzene rings is 2. The molecule has 0 aliphatic carbocycles. The lowest BCUT2D eigenvalue weighted by atomic mass is 9.89. The topological polar surface area (TPSA) is 67.2 Å². The first-order chi connectivity index (χ1) is 18.6. The SMILES string of the molecule is CN1CCC(c2ccc(-c3cc4ccn(C(C(=O)Nc5nccs5)c5ccccc5)c(=O)c4s3)cc2)CC1.Cl. The quantitative estimate of drug-likeness (QED) is 0.246. The van der Waals surface area contributed by atoms with Crippen LogP contribution in [0, 0.1) is 0 Å². The molecule has 1 saturated heterocycles. The summed E-state index contributed by atoms with van der Waals surface area (Å²) in [6.07, 6.45) is 5.75. The van der Waals surface area contributed by atoms with Crippen LogP contribution in [-0.4, -0.2) is 40.5 Å². The molecule has 5 aromatic rings. The fourth-order valence-corrected chi connectivity index (χ4v) is 6.81. The molecule has 1 amide bonds.